The van der Waals surface area contributed by atoms with Crippen LogP contribution in [0, 0.1) is 5.82 Å². The molecule has 1 atom stereocenters. The van der Waals surface area contributed by atoms with Crippen molar-refractivity contribution in [1.29, 1.82) is 0 Å². The van der Waals surface area contributed by atoms with Crippen molar-refractivity contribution in [3.8, 4) is 11.4 Å². The first kappa shape index (κ1) is 23.6. The van der Waals surface area contributed by atoms with Gasteiger partial charge in [0.25, 0.3) is 0 Å². The standard InChI is InChI=1S/C20H25FN4O6S/c1-19(2,3)17-24-15(25-31-17)10-7-12-14(8-11(10)21)32(28,29)9-13(16(26)22-12)23-18(27)30-20(4,5)6/h7-8,13H,9H2,1-6H3,(H,22,26)(H,23,27)/t13-/m0/s1. The van der Waals surface area contributed by atoms with E-state index in [0.717, 1.165) is 12.1 Å². The van der Waals surface area contributed by atoms with E-state index >= 15 is 0 Å². The van der Waals surface area contributed by atoms with Crippen LogP contribution in [0.2, 0.25) is 0 Å². The number of amides is 2. The van der Waals surface area contributed by atoms with Gasteiger partial charge in [-0.1, -0.05) is 25.9 Å². The number of carbonyl (C=O) groups excluding carboxylic acids is 2. The van der Waals surface area contributed by atoms with E-state index in [1.54, 1.807) is 20.8 Å². The van der Waals surface area contributed by atoms with Gasteiger partial charge < -0.3 is 19.9 Å². The number of nitrogens with zero attached hydrogens (tertiary/aromatic N) is 2. The summed E-state index contributed by atoms with van der Waals surface area (Å²) in [5, 5.41) is 8.45. The number of anilines is 1. The summed E-state index contributed by atoms with van der Waals surface area (Å²) in [5.74, 6) is -2.28. The monoisotopic (exact) mass is 468 g/mol. The molecule has 32 heavy (non-hydrogen) atoms. The lowest BCUT2D eigenvalue weighted by molar-refractivity contribution is -0.117. The van der Waals surface area contributed by atoms with E-state index in [-0.39, 0.29) is 23.0 Å². The zero-order chi connectivity index (χ0) is 24.1. The van der Waals surface area contributed by atoms with Crippen molar-refractivity contribution in [1.82, 2.24) is 15.5 Å². The summed E-state index contributed by atoms with van der Waals surface area (Å²) >= 11 is 0. The molecular weight excluding hydrogens is 443 g/mol. The highest BCUT2D eigenvalue weighted by Crippen LogP contribution is 2.33. The molecule has 2 N–H and O–H groups in total. The molecule has 1 aromatic heterocycles. The van der Waals surface area contributed by atoms with E-state index in [4.69, 9.17) is 9.26 Å². The third-order valence-electron chi connectivity index (χ3n) is 4.36. The number of carbonyl (C=O) groups is 2. The lowest BCUT2D eigenvalue weighted by atomic mass is 9.97. The number of sulfone groups is 1. The molecule has 0 saturated heterocycles. The number of hydrogen-bond donors (Lipinski definition) is 2. The maximum absolute atomic E-state index is 14.8. The predicted octanol–water partition coefficient (Wildman–Crippen LogP) is 2.79. The second-order valence-electron chi connectivity index (χ2n) is 9.47. The highest BCUT2D eigenvalue weighted by Gasteiger charge is 2.36. The fraction of sp³-hybridized carbons (Fsp3) is 0.500. The molecule has 0 saturated carbocycles. The van der Waals surface area contributed by atoms with Crippen molar-refractivity contribution in [3.63, 3.8) is 0 Å². The summed E-state index contributed by atoms with van der Waals surface area (Å²) < 4.78 is 50.8. The molecule has 1 aromatic carbocycles. The van der Waals surface area contributed by atoms with Gasteiger partial charge in [0.15, 0.2) is 9.84 Å². The summed E-state index contributed by atoms with van der Waals surface area (Å²) in [7, 11) is -4.15. The van der Waals surface area contributed by atoms with Crippen LogP contribution in [0.25, 0.3) is 11.4 Å². The number of aromatic nitrogens is 2. The van der Waals surface area contributed by atoms with E-state index in [9.17, 15) is 22.4 Å². The normalized spacial score (nSPS) is 18.3. The van der Waals surface area contributed by atoms with Gasteiger partial charge in [-0.25, -0.2) is 17.6 Å². The van der Waals surface area contributed by atoms with Crippen molar-refractivity contribution in [2.75, 3.05) is 11.1 Å². The minimum Gasteiger partial charge on any atom is -0.444 e. The molecule has 3 rings (SSSR count). The molecule has 2 aromatic rings. The van der Waals surface area contributed by atoms with Gasteiger partial charge in [0.1, 0.15) is 17.5 Å². The molecule has 0 aliphatic carbocycles. The van der Waals surface area contributed by atoms with Crippen LogP contribution < -0.4 is 10.6 Å². The zero-order valence-corrected chi connectivity index (χ0v) is 19.4. The summed E-state index contributed by atoms with van der Waals surface area (Å²) in [6, 6.07) is 0.489. The zero-order valence-electron chi connectivity index (χ0n) is 18.6. The third-order valence-corrected chi connectivity index (χ3v) is 6.14. The first-order chi connectivity index (χ1) is 14.6. The second-order valence-corrected chi connectivity index (χ2v) is 11.5. The van der Waals surface area contributed by atoms with Gasteiger partial charge in [-0.05, 0) is 32.9 Å². The summed E-state index contributed by atoms with van der Waals surface area (Å²) in [6.07, 6.45) is -0.952. The Kier molecular flexibility index (Phi) is 5.79. The molecule has 12 heteroatoms. The Labute approximate surface area is 184 Å². The first-order valence-electron chi connectivity index (χ1n) is 9.78. The Hall–Kier alpha value is -3.02. The minimum atomic E-state index is -4.15. The Morgan fingerprint density at radius 2 is 1.91 bits per heavy atom. The molecule has 0 spiro atoms. The fourth-order valence-corrected chi connectivity index (χ4v) is 4.46. The fourth-order valence-electron chi connectivity index (χ4n) is 2.88. The van der Waals surface area contributed by atoms with Crippen LogP contribution in [0.1, 0.15) is 47.4 Å². The Balaban J connectivity index is 1.97. The van der Waals surface area contributed by atoms with Gasteiger partial charge in [-0.2, -0.15) is 4.98 Å². The molecule has 174 valence electrons. The molecule has 2 heterocycles. The van der Waals surface area contributed by atoms with E-state index < -0.39 is 55.4 Å². The van der Waals surface area contributed by atoms with Gasteiger partial charge in [0.2, 0.25) is 17.6 Å². The van der Waals surface area contributed by atoms with Crippen LogP contribution in [0.3, 0.4) is 0 Å². The van der Waals surface area contributed by atoms with Gasteiger partial charge >= 0.3 is 6.09 Å². The number of hydrogen-bond acceptors (Lipinski definition) is 8. The number of benzene rings is 1. The lowest BCUT2D eigenvalue weighted by Crippen LogP contribution is -2.48. The lowest BCUT2D eigenvalue weighted by Gasteiger charge is -2.22. The van der Waals surface area contributed by atoms with Crippen LogP contribution in [0.5, 0.6) is 0 Å². The Morgan fingerprint density at radius 3 is 2.47 bits per heavy atom. The SMILES string of the molecule is CC(C)(C)OC(=O)N[C@H]1CS(=O)(=O)c2cc(F)c(-c3noc(C(C)(C)C)n3)cc2NC1=O. The smallest absolute Gasteiger partial charge is 0.408 e. The maximum Gasteiger partial charge on any atom is 0.408 e. The third kappa shape index (κ3) is 5.06. The topological polar surface area (TPSA) is 140 Å². The summed E-state index contributed by atoms with van der Waals surface area (Å²) in [6.45, 7) is 10.4. The maximum atomic E-state index is 14.8. The summed E-state index contributed by atoms with van der Waals surface area (Å²) in [5.41, 5.74) is -1.62. The average molecular weight is 469 g/mol. The quantitative estimate of drug-likeness (QED) is 0.686. The molecular formula is C20H25FN4O6S. The van der Waals surface area contributed by atoms with Crippen LogP contribution >= 0.6 is 0 Å². The molecule has 1 aliphatic rings. The number of ether oxygens (including phenoxy) is 1. The van der Waals surface area contributed by atoms with E-state index in [1.165, 1.54) is 0 Å². The van der Waals surface area contributed by atoms with Gasteiger partial charge in [0.05, 0.1) is 21.9 Å². The molecule has 2 amide bonds. The van der Waals surface area contributed by atoms with E-state index in [1.807, 2.05) is 20.8 Å². The molecule has 1 aliphatic heterocycles. The number of fused-ring (bicyclic) bond motifs is 1. The van der Waals surface area contributed by atoms with Crippen molar-refractivity contribution in [2.24, 2.45) is 0 Å². The Bertz CT molecular complexity index is 1180. The van der Waals surface area contributed by atoms with Gasteiger partial charge in [-0.15, -0.1) is 0 Å². The van der Waals surface area contributed by atoms with Crippen LogP contribution in [0.4, 0.5) is 14.9 Å². The number of rotatable bonds is 2. The second kappa shape index (κ2) is 7.84. The molecule has 0 unspecified atom stereocenters. The minimum absolute atomic E-state index is 0.0884. The first-order valence-corrected chi connectivity index (χ1v) is 11.4. The molecule has 10 nitrogen and oxygen atoms in total. The largest absolute Gasteiger partial charge is 0.444 e. The van der Waals surface area contributed by atoms with Gasteiger partial charge in [0, 0.05) is 5.41 Å². The number of alkyl carbamates (subject to hydrolysis) is 1. The number of halogens is 1. The van der Waals surface area contributed by atoms with Crippen LogP contribution in [0.15, 0.2) is 21.6 Å². The molecule has 0 radical (unpaired) electrons. The molecule has 0 fully saturated rings. The highest BCUT2D eigenvalue weighted by molar-refractivity contribution is 7.91. The number of nitrogens with one attached hydrogen (secondary N) is 2. The average Bonchev–Trinajstić information content (AvgIpc) is 3.07. The van der Waals surface area contributed by atoms with Crippen LogP contribution in [-0.2, 0) is 24.8 Å². The van der Waals surface area contributed by atoms with Crippen molar-refractivity contribution in [3.05, 3.63) is 23.8 Å². The predicted molar refractivity (Wildman–Crippen MR) is 112 cm³/mol. The molecule has 0 bridgehead atoms. The summed E-state index contributed by atoms with van der Waals surface area (Å²) in [4.78, 5) is 28.5. The Morgan fingerprint density at radius 1 is 1.25 bits per heavy atom. The van der Waals surface area contributed by atoms with Crippen molar-refractivity contribution >= 4 is 27.5 Å². The van der Waals surface area contributed by atoms with Crippen LogP contribution in [-0.4, -0.2) is 48.0 Å². The van der Waals surface area contributed by atoms with E-state index in [0.29, 0.717) is 0 Å². The van der Waals surface area contributed by atoms with Crippen molar-refractivity contribution in [2.45, 2.75) is 63.5 Å². The van der Waals surface area contributed by atoms with Crippen molar-refractivity contribution < 1.29 is 31.7 Å². The van der Waals surface area contributed by atoms with E-state index in [2.05, 4.69) is 20.8 Å². The highest BCUT2D eigenvalue weighted by atomic mass is 32.2. The van der Waals surface area contributed by atoms with Gasteiger partial charge in [-0.3, -0.25) is 4.79 Å².